The number of rotatable bonds is 18. The lowest BCUT2D eigenvalue weighted by Gasteiger charge is -2.31. The zero-order valence-electron chi connectivity index (χ0n) is 23.4. The van der Waals surface area contributed by atoms with Gasteiger partial charge in [0.25, 0.3) is 5.91 Å². The summed E-state index contributed by atoms with van der Waals surface area (Å²) in [6, 6.07) is -1.93. The van der Waals surface area contributed by atoms with Crippen molar-refractivity contribution in [3.05, 3.63) is 0 Å². The highest BCUT2D eigenvalue weighted by Crippen LogP contribution is 2.49. The number of hydrazone groups is 1. The van der Waals surface area contributed by atoms with Crippen LogP contribution in [0, 0.1) is 5.92 Å². The van der Waals surface area contributed by atoms with Gasteiger partial charge in [-0.25, -0.2) is 4.79 Å². The van der Waals surface area contributed by atoms with Crippen molar-refractivity contribution in [1.82, 2.24) is 20.9 Å². The van der Waals surface area contributed by atoms with Crippen molar-refractivity contribution >= 4 is 37.6 Å². The molecule has 3 amide bonds. The van der Waals surface area contributed by atoms with Gasteiger partial charge in [-0.2, -0.15) is 5.10 Å². The molecule has 0 bridgehead atoms. The minimum atomic E-state index is -4.59. The average Bonchev–Trinajstić information content (AvgIpc) is 3.36. The normalized spacial score (nSPS) is 21.2. The van der Waals surface area contributed by atoms with Crippen molar-refractivity contribution in [3.8, 4) is 0 Å². The number of nitrogens with zero attached hydrogens (tertiary/aromatic N) is 2. The first-order chi connectivity index (χ1) is 19.0. The molecule has 2 rings (SSSR count). The van der Waals surface area contributed by atoms with Crippen LogP contribution < -0.4 is 21.8 Å². The lowest BCUT2D eigenvalue weighted by Crippen LogP contribution is -2.51. The number of carbonyl (C=O) groups is 4. The zero-order valence-corrected chi connectivity index (χ0v) is 24.3. The smallest absolute Gasteiger partial charge is 0.350 e. The average molecular weight is 589 g/mol. The molecule has 7 N–H and O–H groups in total. The van der Waals surface area contributed by atoms with Gasteiger partial charge in [0.2, 0.25) is 11.8 Å². The molecule has 40 heavy (non-hydrogen) atoms. The van der Waals surface area contributed by atoms with Crippen molar-refractivity contribution < 1.29 is 38.3 Å². The predicted octanol–water partition coefficient (Wildman–Crippen LogP) is 1.23. The molecule has 1 saturated heterocycles. The molecule has 228 valence electrons. The molecule has 0 radical (unpaired) electrons. The Morgan fingerprint density at radius 2 is 1.85 bits per heavy atom. The van der Waals surface area contributed by atoms with Gasteiger partial charge in [0.05, 0.1) is 0 Å². The molecular weight excluding hydrogens is 543 g/mol. The SMILES string of the molecule is CCCCC(NC(=O)[C@H](CCCCNC=NN)NC(=O)C1CCC1)P(=O)(O)O[C@@H](C)C(=O)N1CCC[C@H]1C(=O)O. The molecule has 1 saturated carbocycles. The standard InChI is InChI=1S/C25H45N6O8P/c1-3-4-13-21(40(37,38)39-17(2)24(34)31-15-8-12-20(31)25(35)36)30-23(33)19(11-5-6-14-27-16-28-26)29-22(32)18-9-7-10-18/h16-21H,3-15,26H2,1-2H3,(H,27,28)(H,29,32)(H,30,33)(H,35,36)(H,37,38)/t17-,19-,20-,21?/m0/s1. The number of nitrogens with one attached hydrogen (secondary N) is 3. The second-order valence-electron chi connectivity index (χ2n) is 10.4. The quantitative estimate of drug-likeness (QED) is 0.0336. The number of carboxylic acids is 1. The van der Waals surface area contributed by atoms with E-state index < -0.39 is 49.4 Å². The second kappa shape index (κ2) is 16.5. The Bertz CT molecular complexity index is 946. The van der Waals surface area contributed by atoms with Gasteiger partial charge in [-0.1, -0.05) is 26.2 Å². The van der Waals surface area contributed by atoms with Gasteiger partial charge in [-0.15, -0.1) is 0 Å². The molecule has 2 fully saturated rings. The van der Waals surface area contributed by atoms with E-state index in [1.165, 1.54) is 13.3 Å². The highest BCUT2D eigenvalue weighted by Gasteiger charge is 2.42. The minimum Gasteiger partial charge on any atom is -0.480 e. The van der Waals surface area contributed by atoms with E-state index in [4.69, 9.17) is 10.4 Å². The van der Waals surface area contributed by atoms with Crippen molar-refractivity contribution in [2.24, 2.45) is 16.9 Å². The van der Waals surface area contributed by atoms with Crippen molar-refractivity contribution in [1.29, 1.82) is 0 Å². The molecule has 0 spiro atoms. The van der Waals surface area contributed by atoms with E-state index in [1.807, 2.05) is 6.92 Å². The monoisotopic (exact) mass is 588 g/mol. The lowest BCUT2D eigenvalue weighted by atomic mass is 9.84. The Labute approximate surface area is 235 Å². The van der Waals surface area contributed by atoms with Crippen molar-refractivity contribution in [3.63, 3.8) is 0 Å². The Morgan fingerprint density at radius 3 is 2.45 bits per heavy atom. The van der Waals surface area contributed by atoms with Crippen LogP contribution in [-0.4, -0.2) is 82.0 Å². The van der Waals surface area contributed by atoms with Gasteiger partial charge in [-0.3, -0.25) is 23.5 Å². The van der Waals surface area contributed by atoms with Gasteiger partial charge in [0.15, 0.2) is 0 Å². The third-order valence-corrected chi connectivity index (χ3v) is 9.14. The van der Waals surface area contributed by atoms with Crippen molar-refractivity contribution in [2.75, 3.05) is 13.1 Å². The first-order valence-electron chi connectivity index (χ1n) is 14.1. The van der Waals surface area contributed by atoms with Crippen LogP contribution in [0.2, 0.25) is 0 Å². The molecule has 1 heterocycles. The summed E-state index contributed by atoms with van der Waals surface area (Å²) >= 11 is 0. The Kier molecular flexibility index (Phi) is 13.9. The summed E-state index contributed by atoms with van der Waals surface area (Å²) in [4.78, 5) is 62.4. The second-order valence-corrected chi connectivity index (χ2v) is 12.4. The number of unbranched alkanes of at least 4 members (excludes halogenated alkanes) is 2. The van der Waals surface area contributed by atoms with Gasteiger partial charge < -0.3 is 36.7 Å². The van der Waals surface area contributed by atoms with Crippen LogP contribution in [0.3, 0.4) is 0 Å². The summed E-state index contributed by atoms with van der Waals surface area (Å²) < 4.78 is 18.7. The molecule has 15 heteroatoms. The first kappa shape index (κ1) is 33.5. The summed E-state index contributed by atoms with van der Waals surface area (Å²) in [6.07, 6.45) is 6.08. The number of carbonyl (C=O) groups excluding carboxylic acids is 3. The fourth-order valence-corrected chi connectivity index (χ4v) is 6.26. The number of amides is 3. The largest absolute Gasteiger partial charge is 0.480 e. The molecule has 0 aromatic carbocycles. The van der Waals surface area contributed by atoms with E-state index in [1.54, 1.807) is 0 Å². The Morgan fingerprint density at radius 1 is 1.12 bits per heavy atom. The number of aliphatic carboxylic acids is 1. The van der Waals surface area contributed by atoms with Crippen LogP contribution in [0.15, 0.2) is 5.10 Å². The minimum absolute atomic E-state index is 0.115. The topological polar surface area (TPSA) is 213 Å². The summed E-state index contributed by atoms with van der Waals surface area (Å²) in [7, 11) is -4.59. The van der Waals surface area contributed by atoms with Gasteiger partial charge in [0.1, 0.15) is 30.3 Å². The number of likely N-dealkylation sites (tertiary alicyclic amines) is 1. The number of carboxylic acid groups (broad SMARTS) is 1. The van der Waals surface area contributed by atoms with Crippen LogP contribution in [0.1, 0.15) is 84.5 Å². The highest BCUT2D eigenvalue weighted by molar-refractivity contribution is 7.53. The first-order valence-corrected chi connectivity index (χ1v) is 15.8. The van der Waals surface area contributed by atoms with E-state index in [-0.39, 0.29) is 24.8 Å². The maximum Gasteiger partial charge on any atom is 0.350 e. The molecule has 0 aromatic heterocycles. The van der Waals surface area contributed by atoms with E-state index in [0.717, 1.165) is 24.2 Å². The molecule has 1 aliphatic heterocycles. The summed E-state index contributed by atoms with van der Waals surface area (Å²) in [5.74, 6) is 0.939. The Balaban J connectivity index is 2.09. The molecule has 0 aromatic rings. The maximum atomic E-state index is 13.4. The van der Waals surface area contributed by atoms with Crippen LogP contribution in [-0.2, 0) is 28.3 Å². The molecule has 14 nitrogen and oxygen atoms in total. The maximum absolute atomic E-state index is 13.4. The van der Waals surface area contributed by atoms with Crippen LogP contribution in [0.5, 0.6) is 0 Å². The number of nitrogens with two attached hydrogens (primary N) is 1. The fraction of sp³-hybridized carbons (Fsp3) is 0.800. The van der Waals surface area contributed by atoms with Gasteiger partial charge in [-0.05, 0) is 58.3 Å². The molecular formula is C25H45N6O8P. The van der Waals surface area contributed by atoms with E-state index in [2.05, 4.69) is 21.1 Å². The van der Waals surface area contributed by atoms with E-state index in [9.17, 15) is 33.7 Å². The van der Waals surface area contributed by atoms with E-state index in [0.29, 0.717) is 51.5 Å². The number of hydrogen-bond acceptors (Lipinski definition) is 8. The predicted molar refractivity (Wildman–Crippen MR) is 148 cm³/mol. The third kappa shape index (κ3) is 10.0. The van der Waals surface area contributed by atoms with Crippen LogP contribution >= 0.6 is 7.60 Å². The fourth-order valence-electron chi connectivity index (χ4n) is 4.77. The zero-order chi connectivity index (χ0) is 29.7. The van der Waals surface area contributed by atoms with Crippen LogP contribution in [0.4, 0.5) is 0 Å². The van der Waals surface area contributed by atoms with E-state index >= 15 is 0 Å². The summed E-state index contributed by atoms with van der Waals surface area (Å²) in [5, 5.41) is 21.0. The van der Waals surface area contributed by atoms with Crippen LogP contribution in [0.25, 0.3) is 0 Å². The highest BCUT2D eigenvalue weighted by atomic mass is 31.2. The molecule has 1 aliphatic carbocycles. The molecule has 2 unspecified atom stereocenters. The van der Waals surface area contributed by atoms with Gasteiger partial charge in [0, 0.05) is 19.0 Å². The lowest BCUT2D eigenvalue weighted by molar-refractivity contribution is -0.151. The molecule has 2 aliphatic rings. The van der Waals surface area contributed by atoms with Crippen molar-refractivity contribution in [2.45, 2.75) is 108 Å². The number of hydrogen-bond donors (Lipinski definition) is 6. The summed E-state index contributed by atoms with van der Waals surface area (Å²) in [6.45, 7) is 3.97. The summed E-state index contributed by atoms with van der Waals surface area (Å²) in [5.41, 5.74) is 0. The third-order valence-electron chi connectivity index (χ3n) is 7.35. The van der Waals surface area contributed by atoms with Gasteiger partial charge >= 0.3 is 13.6 Å². The molecule has 5 atom stereocenters. The Hall–Kier alpha value is -2.70.